The Balaban J connectivity index is 0.00000243. The molecule has 0 heterocycles. The Bertz CT molecular complexity index is 711. The molecule has 0 saturated heterocycles. The second-order valence-electron chi connectivity index (χ2n) is 7.20. The zero-order chi connectivity index (χ0) is 17.6. The number of aliphatic hydroxyl groups excluding tert-OH is 1. The van der Waals surface area contributed by atoms with Crippen LogP contribution in [0.25, 0.3) is 10.8 Å². The van der Waals surface area contributed by atoms with Gasteiger partial charge >= 0.3 is 0 Å². The van der Waals surface area contributed by atoms with Gasteiger partial charge in [0.05, 0.1) is 0 Å². The van der Waals surface area contributed by atoms with Crippen LogP contribution in [-0.4, -0.2) is 23.2 Å². The van der Waals surface area contributed by atoms with Crippen molar-refractivity contribution >= 4 is 29.1 Å². The standard InChI is InChI=1S/C21H28N2O2.ClH/c22-19(13-15-7-2-1-3-8-15)20(24)21(25)23-14-17-11-6-10-16-9-4-5-12-18(16)17;/h4-6,9-12,15,19-20,24H,1-3,7-8,13-14,22H2,(H,23,25);1H/t19-,20-;/m1./s1. The Morgan fingerprint density at radius 3 is 2.58 bits per heavy atom. The van der Waals surface area contributed by atoms with Crippen LogP contribution in [0.5, 0.6) is 0 Å². The molecule has 0 aromatic heterocycles. The lowest BCUT2D eigenvalue weighted by atomic mass is 9.84. The third-order valence-electron chi connectivity index (χ3n) is 5.34. The van der Waals surface area contributed by atoms with Crippen molar-refractivity contribution in [3.63, 3.8) is 0 Å². The van der Waals surface area contributed by atoms with E-state index in [1.807, 2.05) is 30.3 Å². The van der Waals surface area contributed by atoms with Crippen LogP contribution in [0.1, 0.15) is 44.1 Å². The van der Waals surface area contributed by atoms with Crippen LogP contribution < -0.4 is 11.1 Å². The van der Waals surface area contributed by atoms with Crippen LogP contribution in [0.4, 0.5) is 0 Å². The molecule has 1 saturated carbocycles. The molecule has 4 N–H and O–H groups in total. The maximum Gasteiger partial charge on any atom is 0.250 e. The zero-order valence-corrected chi connectivity index (χ0v) is 15.9. The molecule has 142 valence electrons. The summed E-state index contributed by atoms with van der Waals surface area (Å²) in [6.45, 7) is 0.396. The van der Waals surface area contributed by atoms with Crippen LogP contribution >= 0.6 is 12.4 Å². The van der Waals surface area contributed by atoms with Crippen LogP contribution in [0, 0.1) is 5.92 Å². The molecule has 2 atom stereocenters. The number of nitrogens with one attached hydrogen (secondary N) is 1. The van der Waals surface area contributed by atoms with Gasteiger partial charge in [-0.1, -0.05) is 74.6 Å². The van der Waals surface area contributed by atoms with Crippen molar-refractivity contribution in [3.05, 3.63) is 48.0 Å². The minimum atomic E-state index is -1.14. The van der Waals surface area contributed by atoms with Gasteiger partial charge in [0.15, 0.2) is 0 Å². The molecule has 0 radical (unpaired) electrons. The molecule has 0 spiro atoms. The number of rotatable bonds is 6. The summed E-state index contributed by atoms with van der Waals surface area (Å²) in [5.74, 6) is 0.167. The molecule has 4 nitrogen and oxygen atoms in total. The van der Waals surface area contributed by atoms with Crippen molar-refractivity contribution < 1.29 is 9.90 Å². The van der Waals surface area contributed by atoms with E-state index in [1.165, 1.54) is 19.3 Å². The third-order valence-corrected chi connectivity index (χ3v) is 5.34. The Labute approximate surface area is 161 Å². The topological polar surface area (TPSA) is 75.3 Å². The van der Waals surface area contributed by atoms with E-state index in [9.17, 15) is 9.90 Å². The minimum absolute atomic E-state index is 0. The number of nitrogens with two attached hydrogens (primary N) is 1. The predicted molar refractivity (Wildman–Crippen MR) is 108 cm³/mol. The summed E-state index contributed by atoms with van der Waals surface area (Å²) >= 11 is 0. The summed E-state index contributed by atoms with van der Waals surface area (Å²) in [7, 11) is 0. The van der Waals surface area contributed by atoms with Gasteiger partial charge in [0.25, 0.3) is 5.91 Å². The highest BCUT2D eigenvalue weighted by Gasteiger charge is 2.26. The third kappa shape index (κ3) is 5.19. The van der Waals surface area contributed by atoms with Crippen LogP contribution in [0.3, 0.4) is 0 Å². The molecule has 2 aromatic carbocycles. The monoisotopic (exact) mass is 376 g/mol. The average Bonchev–Trinajstić information content (AvgIpc) is 2.66. The predicted octanol–water partition coefficient (Wildman–Crippen LogP) is 3.54. The molecule has 0 bridgehead atoms. The molecular weight excluding hydrogens is 348 g/mol. The SMILES string of the molecule is Cl.N[C@H](CC1CCCCC1)[C@@H](O)C(=O)NCc1cccc2ccccc12. The van der Waals surface area contributed by atoms with Crippen LogP contribution in [0.15, 0.2) is 42.5 Å². The Hall–Kier alpha value is -1.62. The first-order valence-electron chi connectivity index (χ1n) is 9.33. The second-order valence-corrected chi connectivity index (χ2v) is 7.20. The fraction of sp³-hybridized carbons (Fsp3) is 0.476. The number of fused-ring (bicyclic) bond motifs is 1. The van der Waals surface area contributed by atoms with Gasteiger partial charge in [-0.05, 0) is 28.7 Å². The lowest BCUT2D eigenvalue weighted by Gasteiger charge is -2.26. The maximum absolute atomic E-state index is 12.3. The average molecular weight is 377 g/mol. The van der Waals surface area contributed by atoms with Gasteiger partial charge < -0.3 is 16.2 Å². The first-order valence-corrected chi connectivity index (χ1v) is 9.33. The quantitative estimate of drug-likeness (QED) is 0.721. The van der Waals surface area contributed by atoms with Crippen LogP contribution in [-0.2, 0) is 11.3 Å². The fourth-order valence-electron chi connectivity index (χ4n) is 3.86. The van der Waals surface area contributed by atoms with Crippen molar-refractivity contribution in [2.75, 3.05) is 0 Å². The fourth-order valence-corrected chi connectivity index (χ4v) is 3.86. The highest BCUT2D eigenvalue weighted by atomic mass is 35.5. The van der Waals surface area contributed by atoms with E-state index in [0.29, 0.717) is 12.5 Å². The van der Waals surface area contributed by atoms with E-state index >= 15 is 0 Å². The number of amides is 1. The normalized spacial score (nSPS) is 17.3. The Kier molecular flexibility index (Phi) is 7.88. The van der Waals surface area contributed by atoms with Gasteiger partial charge in [-0.15, -0.1) is 12.4 Å². The van der Waals surface area contributed by atoms with E-state index in [4.69, 9.17) is 5.73 Å². The van der Waals surface area contributed by atoms with Crippen molar-refractivity contribution in [1.29, 1.82) is 0 Å². The Morgan fingerprint density at radius 1 is 1.12 bits per heavy atom. The zero-order valence-electron chi connectivity index (χ0n) is 15.1. The second kappa shape index (κ2) is 9.91. The molecule has 1 aliphatic carbocycles. The largest absolute Gasteiger partial charge is 0.382 e. The summed E-state index contributed by atoms with van der Waals surface area (Å²) < 4.78 is 0. The van der Waals surface area contributed by atoms with Gasteiger partial charge in [-0.2, -0.15) is 0 Å². The van der Waals surface area contributed by atoms with E-state index in [-0.39, 0.29) is 18.3 Å². The molecule has 1 aliphatic rings. The first kappa shape index (κ1) is 20.7. The van der Waals surface area contributed by atoms with Crippen molar-refractivity contribution in [3.8, 4) is 0 Å². The molecule has 0 unspecified atom stereocenters. The van der Waals surface area contributed by atoms with Crippen LogP contribution in [0.2, 0.25) is 0 Å². The van der Waals surface area contributed by atoms with Crippen molar-refractivity contribution in [1.82, 2.24) is 5.32 Å². The number of hydrogen-bond acceptors (Lipinski definition) is 3. The summed E-state index contributed by atoms with van der Waals surface area (Å²) in [6.07, 6.45) is 5.68. The van der Waals surface area contributed by atoms with E-state index < -0.39 is 12.1 Å². The number of carbonyl (C=O) groups is 1. The molecule has 1 fully saturated rings. The first-order chi connectivity index (χ1) is 12.1. The van der Waals surface area contributed by atoms with Gasteiger partial charge in [-0.3, -0.25) is 4.79 Å². The molecule has 3 rings (SSSR count). The number of carbonyl (C=O) groups excluding carboxylic acids is 1. The molecule has 1 amide bonds. The van der Waals surface area contributed by atoms with Crippen molar-refractivity contribution in [2.24, 2.45) is 11.7 Å². The highest BCUT2D eigenvalue weighted by Crippen LogP contribution is 2.27. The number of aliphatic hydroxyl groups is 1. The molecular formula is C21H29ClN2O2. The maximum atomic E-state index is 12.3. The summed E-state index contributed by atoms with van der Waals surface area (Å²) in [6, 6.07) is 13.6. The van der Waals surface area contributed by atoms with E-state index in [2.05, 4.69) is 17.4 Å². The number of benzene rings is 2. The van der Waals surface area contributed by atoms with Gasteiger partial charge in [0, 0.05) is 12.6 Å². The molecule has 2 aromatic rings. The summed E-state index contributed by atoms with van der Waals surface area (Å²) in [5, 5.41) is 15.4. The number of hydrogen-bond donors (Lipinski definition) is 3. The van der Waals surface area contributed by atoms with E-state index in [0.717, 1.165) is 35.6 Å². The number of halogens is 1. The smallest absolute Gasteiger partial charge is 0.250 e. The lowest BCUT2D eigenvalue weighted by Crippen LogP contribution is -2.47. The Morgan fingerprint density at radius 2 is 1.81 bits per heavy atom. The summed E-state index contributed by atoms with van der Waals surface area (Å²) in [5.41, 5.74) is 7.14. The van der Waals surface area contributed by atoms with Gasteiger partial charge in [0.1, 0.15) is 6.10 Å². The van der Waals surface area contributed by atoms with Gasteiger partial charge in [-0.25, -0.2) is 0 Å². The lowest BCUT2D eigenvalue weighted by molar-refractivity contribution is -0.130. The van der Waals surface area contributed by atoms with Gasteiger partial charge in [0.2, 0.25) is 0 Å². The molecule has 26 heavy (non-hydrogen) atoms. The minimum Gasteiger partial charge on any atom is -0.382 e. The summed E-state index contributed by atoms with van der Waals surface area (Å²) in [4.78, 5) is 12.3. The highest BCUT2D eigenvalue weighted by molar-refractivity contribution is 5.86. The van der Waals surface area contributed by atoms with E-state index in [1.54, 1.807) is 0 Å². The molecule has 0 aliphatic heterocycles. The molecule has 5 heteroatoms. The van der Waals surface area contributed by atoms with Crippen molar-refractivity contribution in [2.45, 2.75) is 57.2 Å².